The normalized spacial score (nSPS) is 25.2. The van der Waals surface area contributed by atoms with E-state index in [-0.39, 0.29) is 5.41 Å². The summed E-state index contributed by atoms with van der Waals surface area (Å²) in [5, 5.41) is 0. The molecule has 1 atom stereocenters. The zero-order valence-corrected chi connectivity index (χ0v) is 8.84. The molecule has 76 valence electrons. The standard InChI is InChI=1S/C10H20N2O/c1-10(2,3)9(11)12-7-8-5-4-6-13-8/h8H,4-7H2,1-3H3,(H2,11,12). The van der Waals surface area contributed by atoms with Crippen molar-refractivity contribution in [2.45, 2.75) is 39.7 Å². The molecule has 0 aromatic carbocycles. The summed E-state index contributed by atoms with van der Waals surface area (Å²) in [6, 6.07) is 0. The minimum absolute atomic E-state index is 0.0153. The van der Waals surface area contributed by atoms with Gasteiger partial charge in [-0.25, -0.2) is 0 Å². The van der Waals surface area contributed by atoms with Gasteiger partial charge in [0.1, 0.15) is 0 Å². The second kappa shape index (κ2) is 4.09. The van der Waals surface area contributed by atoms with Crippen LogP contribution in [0.25, 0.3) is 0 Å². The highest BCUT2D eigenvalue weighted by Crippen LogP contribution is 2.15. The van der Waals surface area contributed by atoms with Crippen LogP contribution in [0, 0.1) is 5.41 Å². The maximum atomic E-state index is 5.82. The lowest BCUT2D eigenvalue weighted by atomic mass is 9.95. The Morgan fingerprint density at radius 3 is 2.69 bits per heavy atom. The first-order valence-electron chi connectivity index (χ1n) is 4.92. The molecular weight excluding hydrogens is 164 g/mol. The zero-order valence-electron chi connectivity index (χ0n) is 8.84. The molecule has 0 spiro atoms. The first-order chi connectivity index (χ1) is 6.00. The van der Waals surface area contributed by atoms with Crippen LogP contribution in [0.1, 0.15) is 33.6 Å². The summed E-state index contributed by atoms with van der Waals surface area (Å²) in [6.45, 7) is 7.82. The lowest BCUT2D eigenvalue weighted by molar-refractivity contribution is 0.117. The second-order valence-electron chi connectivity index (χ2n) is 4.61. The Bertz CT molecular complexity index is 188. The second-order valence-corrected chi connectivity index (χ2v) is 4.61. The molecule has 0 aromatic rings. The Kier molecular flexibility index (Phi) is 3.31. The van der Waals surface area contributed by atoms with Gasteiger partial charge in [0.25, 0.3) is 0 Å². The summed E-state index contributed by atoms with van der Waals surface area (Å²) in [6.07, 6.45) is 2.59. The van der Waals surface area contributed by atoms with Crippen molar-refractivity contribution in [2.75, 3.05) is 13.2 Å². The average Bonchev–Trinajstić information content (AvgIpc) is 2.50. The van der Waals surface area contributed by atoms with Gasteiger partial charge in [-0.1, -0.05) is 20.8 Å². The van der Waals surface area contributed by atoms with Gasteiger partial charge in [0.05, 0.1) is 18.5 Å². The molecule has 3 heteroatoms. The fraction of sp³-hybridized carbons (Fsp3) is 0.900. The molecule has 0 saturated carbocycles. The van der Waals surface area contributed by atoms with Crippen molar-refractivity contribution in [3.8, 4) is 0 Å². The van der Waals surface area contributed by atoms with E-state index in [0.29, 0.717) is 6.10 Å². The van der Waals surface area contributed by atoms with Gasteiger partial charge >= 0.3 is 0 Å². The van der Waals surface area contributed by atoms with E-state index >= 15 is 0 Å². The third-order valence-electron chi connectivity index (χ3n) is 2.26. The molecular formula is C10H20N2O. The molecule has 0 radical (unpaired) electrons. The molecule has 1 heterocycles. The molecule has 0 aliphatic carbocycles. The summed E-state index contributed by atoms with van der Waals surface area (Å²) in [5.74, 6) is 0.725. The van der Waals surface area contributed by atoms with Crippen molar-refractivity contribution >= 4 is 5.84 Å². The summed E-state index contributed by atoms with van der Waals surface area (Å²) in [4.78, 5) is 4.35. The molecule has 0 amide bonds. The Morgan fingerprint density at radius 2 is 2.23 bits per heavy atom. The van der Waals surface area contributed by atoms with Gasteiger partial charge < -0.3 is 10.5 Å². The van der Waals surface area contributed by atoms with E-state index in [9.17, 15) is 0 Å². The van der Waals surface area contributed by atoms with Crippen molar-refractivity contribution in [1.29, 1.82) is 0 Å². The highest BCUT2D eigenvalue weighted by Gasteiger charge is 2.18. The number of aliphatic imine (C=N–C) groups is 1. The third kappa shape index (κ3) is 3.35. The van der Waals surface area contributed by atoms with Crippen molar-refractivity contribution < 1.29 is 4.74 Å². The zero-order chi connectivity index (χ0) is 9.90. The Labute approximate surface area is 80.4 Å². The van der Waals surface area contributed by atoms with Crippen LogP contribution in [-0.2, 0) is 4.74 Å². The summed E-state index contributed by atoms with van der Waals surface area (Å²) in [7, 11) is 0. The lowest BCUT2D eigenvalue weighted by Crippen LogP contribution is -2.30. The number of hydrogen-bond acceptors (Lipinski definition) is 2. The topological polar surface area (TPSA) is 47.6 Å². The van der Waals surface area contributed by atoms with Crippen molar-refractivity contribution in [3.63, 3.8) is 0 Å². The summed E-state index contributed by atoms with van der Waals surface area (Å²) < 4.78 is 5.45. The quantitative estimate of drug-likeness (QED) is 0.523. The van der Waals surface area contributed by atoms with E-state index in [4.69, 9.17) is 10.5 Å². The average molecular weight is 184 g/mol. The minimum atomic E-state index is -0.0153. The van der Waals surface area contributed by atoms with E-state index in [2.05, 4.69) is 25.8 Å². The predicted octanol–water partition coefficient (Wildman–Crippen LogP) is 1.57. The molecule has 1 aliphatic heterocycles. The fourth-order valence-electron chi connectivity index (χ4n) is 1.23. The third-order valence-corrected chi connectivity index (χ3v) is 2.26. The van der Waals surface area contributed by atoms with Crippen molar-refractivity contribution in [2.24, 2.45) is 16.1 Å². The molecule has 0 bridgehead atoms. The molecule has 1 saturated heterocycles. The number of ether oxygens (including phenoxy) is 1. The first kappa shape index (κ1) is 10.5. The van der Waals surface area contributed by atoms with Gasteiger partial charge in [0.15, 0.2) is 0 Å². The highest BCUT2D eigenvalue weighted by atomic mass is 16.5. The van der Waals surface area contributed by atoms with Gasteiger partial charge in [0, 0.05) is 12.0 Å². The van der Waals surface area contributed by atoms with E-state index in [1.165, 1.54) is 0 Å². The molecule has 1 aliphatic rings. The van der Waals surface area contributed by atoms with E-state index in [1.807, 2.05) is 0 Å². The van der Waals surface area contributed by atoms with Gasteiger partial charge in [0.2, 0.25) is 0 Å². The van der Waals surface area contributed by atoms with E-state index in [1.54, 1.807) is 0 Å². The van der Waals surface area contributed by atoms with Gasteiger partial charge in [-0.05, 0) is 12.8 Å². The Balaban J connectivity index is 2.38. The van der Waals surface area contributed by atoms with Crippen LogP contribution >= 0.6 is 0 Å². The SMILES string of the molecule is CC(C)(C)C(N)=NCC1CCCO1. The van der Waals surface area contributed by atoms with Crippen LogP contribution in [0.4, 0.5) is 0 Å². The fourth-order valence-corrected chi connectivity index (χ4v) is 1.23. The van der Waals surface area contributed by atoms with Crippen LogP contribution < -0.4 is 5.73 Å². The summed E-state index contributed by atoms with van der Waals surface area (Å²) in [5.41, 5.74) is 5.81. The van der Waals surface area contributed by atoms with E-state index < -0.39 is 0 Å². The van der Waals surface area contributed by atoms with Crippen LogP contribution in [0.15, 0.2) is 4.99 Å². The predicted molar refractivity (Wildman–Crippen MR) is 54.9 cm³/mol. The summed E-state index contributed by atoms with van der Waals surface area (Å²) >= 11 is 0. The molecule has 13 heavy (non-hydrogen) atoms. The van der Waals surface area contributed by atoms with Crippen LogP contribution in [0.5, 0.6) is 0 Å². The number of rotatable bonds is 2. The molecule has 2 N–H and O–H groups in total. The van der Waals surface area contributed by atoms with Crippen molar-refractivity contribution in [3.05, 3.63) is 0 Å². The maximum Gasteiger partial charge on any atom is 0.0992 e. The van der Waals surface area contributed by atoms with Crippen molar-refractivity contribution in [1.82, 2.24) is 0 Å². The molecule has 1 fully saturated rings. The molecule has 3 nitrogen and oxygen atoms in total. The largest absolute Gasteiger partial charge is 0.387 e. The van der Waals surface area contributed by atoms with Crippen LogP contribution in [0.2, 0.25) is 0 Å². The number of hydrogen-bond donors (Lipinski definition) is 1. The maximum absolute atomic E-state index is 5.82. The Hall–Kier alpha value is -0.570. The van der Waals surface area contributed by atoms with Gasteiger partial charge in [-0.3, -0.25) is 4.99 Å². The first-order valence-corrected chi connectivity index (χ1v) is 4.92. The lowest BCUT2D eigenvalue weighted by Gasteiger charge is -2.18. The number of nitrogens with zero attached hydrogens (tertiary/aromatic N) is 1. The van der Waals surface area contributed by atoms with Crippen LogP contribution in [-0.4, -0.2) is 25.1 Å². The van der Waals surface area contributed by atoms with Gasteiger partial charge in [-0.15, -0.1) is 0 Å². The smallest absolute Gasteiger partial charge is 0.0992 e. The number of amidine groups is 1. The molecule has 1 unspecified atom stereocenters. The van der Waals surface area contributed by atoms with Gasteiger partial charge in [-0.2, -0.15) is 0 Å². The molecule has 0 aromatic heterocycles. The monoisotopic (exact) mass is 184 g/mol. The minimum Gasteiger partial charge on any atom is -0.387 e. The number of nitrogens with two attached hydrogens (primary N) is 1. The van der Waals surface area contributed by atoms with Crippen LogP contribution in [0.3, 0.4) is 0 Å². The molecule has 1 rings (SSSR count). The van der Waals surface area contributed by atoms with E-state index in [0.717, 1.165) is 31.8 Å². The Morgan fingerprint density at radius 1 is 1.54 bits per heavy atom. The highest BCUT2D eigenvalue weighted by molar-refractivity contribution is 5.85.